The summed E-state index contributed by atoms with van der Waals surface area (Å²) in [6.07, 6.45) is 0.393. The minimum atomic E-state index is -0.809. The van der Waals surface area contributed by atoms with Crippen LogP contribution in [-0.4, -0.2) is 14.2 Å². The van der Waals surface area contributed by atoms with Crippen molar-refractivity contribution in [3.8, 4) is 5.75 Å². The molecule has 0 amide bonds. The predicted octanol–water partition coefficient (Wildman–Crippen LogP) is 3.54. The zero-order valence-corrected chi connectivity index (χ0v) is 11.6. The zero-order chi connectivity index (χ0) is 13.8. The van der Waals surface area contributed by atoms with Crippen LogP contribution in [0.4, 0.5) is 8.78 Å². The van der Waals surface area contributed by atoms with E-state index >= 15 is 0 Å². The number of nitrogens with one attached hydrogen (secondary N) is 1. The normalized spacial score (nSPS) is 12.4. The smallest absolute Gasteiger partial charge is 0.162 e. The van der Waals surface area contributed by atoms with Crippen molar-refractivity contribution in [2.24, 2.45) is 0 Å². The number of methoxy groups -OCH3 is 1. The molecule has 0 aliphatic rings. The number of ether oxygens (including phenoxy) is 1. The largest absolute Gasteiger partial charge is 0.496 e. The van der Waals surface area contributed by atoms with Crippen molar-refractivity contribution >= 4 is 11.3 Å². The molecule has 1 aromatic carbocycles. The first-order valence-corrected chi connectivity index (χ1v) is 6.76. The van der Waals surface area contributed by atoms with Crippen LogP contribution < -0.4 is 10.1 Å². The second-order valence-corrected chi connectivity index (χ2v) is 5.09. The summed E-state index contributed by atoms with van der Waals surface area (Å²) in [7, 11) is 3.40. The molecule has 1 atom stereocenters. The summed E-state index contributed by atoms with van der Waals surface area (Å²) in [5.41, 5.74) is 0.367. The molecule has 0 saturated heterocycles. The molecule has 0 aliphatic carbocycles. The third-order valence-electron chi connectivity index (χ3n) is 2.98. The molecule has 5 heteroatoms. The van der Waals surface area contributed by atoms with Crippen LogP contribution in [0, 0.1) is 11.6 Å². The minimum absolute atomic E-state index is 0.0646. The molecule has 0 spiro atoms. The SMILES string of the molecule is CNC(Cc1cccc(F)c1F)c1cc(OC)cs1. The molecule has 0 saturated carbocycles. The van der Waals surface area contributed by atoms with Crippen LogP contribution in [0.5, 0.6) is 5.75 Å². The summed E-state index contributed by atoms with van der Waals surface area (Å²) in [5.74, 6) is -0.803. The highest BCUT2D eigenvalue weighted by Crippen LogP contribution is 2.29. The molecule has 0 radical (unpaired) electrons. The number of hydrogen-bond donors (Lipinski definition) is 1. The molecule has 102 valence electrons. The summed E-state index contributed by atoms with van der Waals surface area (Å²) in [4.78, 5) is 1.03. The van der Waals surface area contributed by atoms with Crippen LogP contribution in [0.1, 0.15) is 16.5 Å². The number of likely N-dealkylation sites (N-methyl/N-ethyl adjacent to an activating group) is 1. The van der Waals surface area contributed by atoms with Gasteiger partial charge >= 0.3 is 0 Å². The molecular formula is C14H15F2NOS. The van der Waals surface area contributed by atoms with E-state index in [0.717, 1.165) is 16.7 Å². The number of benzene rings is 1. The van der Waals surface area contributed by atoms with Crippen LogP contribution in [-0.2, 0) is 6.42 Å². The maximum absolute atomic E-state index is 13.7. The molecule has 19 heavy (non-hydrogen) atoms. The van der Waals surface area contributed by atoms with Gasteiger partial charge < -0.3 is 10.1 Å². The number of thiophene rings is 1. The van der Waals surface area contributed by atoms with Gasteiger partial charge in [-0.15, -0.1) is 11.3 Å². The third kappa shape index (κ3) is 3.11. The van der Waals surface area contributed by atoms with Gasteiger partial charge in [0, 0.05) is 16.3 Å². The molecule has 2 rings (SSSR count). The summed E-state index contributed by atoms with van der Waals surface area (Å²) in [5, 5.41) is 5.01. The lowest BCUT2D eigenvalue weighted by molar-refractivity contribution is 0.416. The second-order valence-electron chi connectivity index (χ2n) is 4.15. The van der Waals surface area contributed by atoms with Crippen LogP contribution in [0.3, 0.4) is 0 Å². The lowest BCUT2D eigenvalue weighted by atomic mass is 10.0. The average Bonchev–Trinajstić information content (AvgIpc) is 2.89. The molecule has 1 heterocycles. The Morgan fingerprint density at radius 1 is 1.37 bits per heavy atom. The Hall–Kier alpha value is -1.46. The first-order chi connectivity index (χ1) is 9.15. The van der Waals surface area contributed by atoms with Crippen molar-refractivity contribution in [3.05, 3.63) is 51.7 Å². The van der Waals surface area contributed by atoms with E-state index in [0.29, 0.717) is 12.0 Å². The van der Waals surface area contributed by atoms with Gasteiger partial charge in [0.1, 0.15) is 5.75 Å². The van der Waals surface area contributed by atoms with Crippen LogP contribution >= 0.6 is 11.3 Å². The molecule has 1 aromatic heterocycles. The van der Waals surface area contributed by atoms with Gasteiger partial charge in [-0.25, -0.2) is 8.78 Å². The Kier molecular flexibility index (Phi) is 4.50. The summed E-state index contributed by atoms with van der Waals surface area (Å²) in [6, 6.07) is 6.10. The van der Waals surface area contributed by atoms with Gasteiger partial charge in [0.25, 0.3) is 0 Å². The lowest BCUT2D eigenvalue weighted by Crippen LogP contribution is -2.18. The first-order valence-electron chi connectivity index (χ1n) is 5.88. The molecule has 2 nitrogen and oxygen atoms in total. The van der Waals surface area contributed by atoms with Gasteiger partial charge in [-0.1, -0.05) is 12.1 Å². The monoisotopic (exact) mass is 283 g/mol. The minimum Gasteiger partial charge on any atom is -0.496 e. The van der Waals surface area contributed by atoms with E-state index in [1.54, 1.807) is 20.2 Å². The van der Waals surface area contributed by atoms with E-state index in [4.69, 9.17) is 4.74 Å². The van der Waals surface area contributed by atoms with Crippen molar-refractivity contribution < 1.29 is 13.5 Å². The predicted molar refractivity (Wildman–Crippen MR) is 72.7 cm³/mol. The van der Waals surface area contributed by atoms with Gasteiger partial charge in [0.2, 0.25) is 0 Å². The Morgan fingerprint density at radius 2 is 2.16 bits per heavy atom. The van der Waals surface area contributed by atoms with Gasteiger partial charge in [-0.3, -0.25) is 0 Å². The van der Waals surface area contributed by atoms with E-state index in [2.05, 4.69) is 5.32 Å². The standard InChI is InChI=1S/C14H15F2NOS/c1-17-12(13-7-10(18-2)8-19-13)6-9-4-3-5-11(15)14(9)16/h3-5,7-8,12,17H,6H2,1-2H3. The van der Waals surface area contributed by atoms with E-state index in [1.807, 2.05) is 11.4 Å². The van der Waals surface area contributed by atoms with Crippen molar-refractivity contribution in [2.75, 3.05) is 14.2 Å². The molecule has 0 fully saturated rings. The fourth-order valence-corrected chi connectivity index (χ4v) is 2.86. The quantitative estimate of drug-likeness (QED) is 0.906. The van der Waals surface area contributed by atoms with Gasteiger partial charge in [-0.05, 0) is 31.2 Å². The maximum Gasteiger partial charge on any atom is 0.162 e. The molecule has 0 bridgehead atoms. The third-order valence-corrected chi connectivity index (χ3v) is 4.00. The van der Waals surface area contributed by atoms with Crippen LogP contribution in [0.15, 0.2) is 29.6 Å². The Balaban J connectivity index is 2.21. The highest BCUT2D eigenvalue weighted by atomic mass is 32.1. The molecule has 2 aromatic rings. The summed E-state index contributed by atoms with van der Waals surface area (Å²) < 4.78 is 32.0. The first kappa shape index (κ1) is 14.0. The number of rotatable bonds is 5. The Bertz CT molecular complexity index is 556. The molecule has 1 unspecified atom stereocenters. The fourth-order valence-electron chi connectivity index (χ4n) is 1.90. The zero-order valence-electron chi connectivity index (χ0n) is 10.7. The van der Waals surface area contributed by atoms with Gasteiger partial charge in [-0.2, -0.15) is 0 Å². The topological polar surface area (TPSA) is 21.3 Å². The maximum atomic E-state index is 13.7. The average molecular weight is 283 g/mol. The van der Waals surface area contributed by atoms with Crippen molar-refractivity contribution in [1.82, 2.24) is 5.32 Å². The fraction of sp³-hybridized carbons (Fsp3) is 0.286. The van der Waals surface area contributed by atoms with Crippen molar-refractivity contribution in [1.29, 1.82) is 0 Å². The number of halogens is 2. The second kappa shape index (κ2) is 6.12. The summed E-state index contributed by atoms with van der Waals surface area (Å²) in [6.45, 7) is 0. The van der Waals surface area contributed by atoms with E-state index in [-0.39, 0.29) is 6.04 Å². The Morgan fingerprint density at radius 3 is 2.79 bits per heavy atom. The number of hydrogen-bond acceptors (Lipinski definition) is 3. The molecule has 0 aliphatic heterocycles. The van der Waals surface area contributed by atoms with E-state index in [9.17, 15) is 8.78 Å². The molecular weight excluding hydrogens is 268 g/mol. The lowest BCUT2D eigenvalue weighted by Gasteiger charge is -2.15. The summed E-state index contributed by atoms with van der Waals surface area (Å²) >= 11 is 1.53. The Labute approximate surface area is 115 Å². The van der Waals surface area contributed by atoms with E-state index < -0.39 is 11.6 Å². The van der Waals surface area contributed by atoms with E-state index in [1.165, 1.54) is 17.4 Å². The van der Waals surface area contributed by atoms with Gasteiger partial charge in [0.15, 0.2) is 11.6 Å². The highest BCUT2D eigenvalue weighted by molar-refractivity contribution is 7.10. The van der Waals surface area contributed by atoms with Crippen LogP contribution in [0.2, 0.25) is 0 Å². The molecule has 1 N–H and O–H groups in total. The van der Waals surface area contributed by atoms with Gasteiger partial charge in [0.05, 0.1) is 7.11 Å². The van der Waals surface area contributed by atoms with Crippen LogP contribution in [0.25, 0.3) is 0 Å². The highest BCUT2D eigenvalue weighted by Gasteiger charge is 2.16. The van der Waals surface area contributed by atoms with Crippen molar-refractivity contribution in [2.45, 2.75) is 12.5 Å². The van der Waals surface area contributed by atoms with Crippen molar-refractivity contribution in [3.63, 3.8) is 0 Å².